The van der Waals surface area contributed by atoms with Crippen LogP contribution in [-0.4, -0.2) is 22.4 Å². The molecule has 0 spiro atoms. The quantitative estimate of drug-likeness (QED) is 0.216. The van der Waals surface area contributed by atoms with E-state index in [0.29, 0.717) is 0 Å². The summed E-state index contributed by atoms with van der Waals surface area (Å²) in [6.45, 7) is 4.71. The van der Waals surface area contributed by atoms with Crippen molar-refractivity contribution in [2.75, 3.05) is 7.05 Å². The van der Waals surface area contributed by atoms with Gasteiger partial charge in [-0.1, -0.05) is 117 Å². The monoisotopic (exact) mass is 608 g/mol. The maximum absolute atomic E-state index is 5.27. The van der Waals surface area contributed by atoms with Crippen molar-refractivity contribution in [2.45, 2.75) is 31.6 Å². The summed E-state index contributed by atoms with van der Waals surface area (Å²) in [7, 11) is 2.14. The van der Waals surface area contributed by atoms with Crippen molar-refractivity contribution in [1.82, 2.24) is 14.8 Å². The topological polar surface area (TPSA) is 32.6 Å². The minimum Gasteiger partial charge on any atom is -0.350 e. The van der Waals surface area contributed by atoms with Crippen molar-refractivity contribution in [3.05, 3.63) is 173 Å². The first-order chi connectivity index (χ1) is 23.0. The molecule has 228 valence electrons. The second kappa shape index (κ2) is 10.5. The first kappa shape index (κ1) is 27.8. The van der Waals surface area contributed by atoms with E-state index in [4.69, 9.17) is 4.99 Å². The van der Waals surface area contributed by atoms with Crippen LogP contribution in [0.5, 0.6) is 0 Å². The average Bonchev–Trinajstić information content (AvgIpc) is 3.56. The van der Waals surface area contributed by atoms with Crippen molar-refractivity contribution >= 4 is 27.6 Å². The van der Waals surface area contributed by atoms with Crippen LogP contribution in [0.4, 0.5) is 0 Å². The van der Waals surface area contributed by atoms with Gasteiger partial charge in [0.15, 0.2) is 0 Å². The highest BCUT2D eigenvalue weighted by molar-refractivity contribution is 6.11. The molecule has 2 atom stereocenters. The predicted octanol–water partition coefficient (Wildman–Crippen LogP) is 9.77. The summed E-state index contributed by atoms with van der Waals surface area (Å²) in [4.78, 5) is 7.58. The van der Waals surface area contributed by atoms with Gasteiger partial charge in [-0.15, -0.1) is 0 Å². The highest BCUT2D eigenvalue weighted by atomic mass is 15.4. The van der Waals surface area contributed by atoms with Gasteiger partial charge >= 0.3 is 0 Å². The van der Waals surface area contributed by atoms with Crippen LogP contribution in [0.1, 0.15) is 54.0 Å². The van der Waals surface area contributed by atoms with E-state index in [1.165, 1.54) is 55.2 Å². The maximum atomic E-state index is 5.27. The first-order valence-electron chi connectivity index (χ1n) is 16.4. The fourth-order valence-corrected chi connectivity index (χ4v) is 7.88. The number of nitrogens with one attached hydrogen (secondary N) is 1. The van der Waals surface area contributed by atoms with Crippen LogP contribution in [0.2, 0.25) is 0 Å². The van der Waals surface area contributed by atoms with Gasteiger partial charge in [-0.25, -0.2) is 4.99 Å². The summed E-state index contributed by atoms with van der Waals surface area (Å²) in [5, 5.41) is 6.32. The molecule has 1 N–H and O–H groups in total. The summed E-state index contributed by atoms with van der Waals surface area (Å²) in [5.74, 6) is 0.900. The van der Waals surface area contributed by atoms with Gasteiger partial charge in [-0.2, -0.15) is 0 Å². The predicted molar refractivity (Wildman–Crippen MR) is 194 cm³/mol. The van der Waals surface area contributed by atoms with Crippen LogP contribution in [0.25, 0.3) is 38.6 Å². The van der Waals surface area contributed by atoms with Crippen molar-refractivity contribution in [3.8, 4) is 16.8 Å². The van der Waals surface area contributed by atoms with Crippen LogP contribution in [0.15, 0.2) is 151 Å². The second-order valence-corrected chi connectivity index (χ2v) is 13.4. The Kier molecular flexibility index (Phi) is 6.24. The third-order valence-corrected chi connectivity index (χ3v) is 10.3. The largest absolute Gasteiger partial charge is 0.350 e. The summed E-state index contributed by atoms with van der Waals surface area (Å²) in [6.07, 6.45) is -0.121. The minimum absolute atomic E-state index is 0.0134. The minimum atomic E-state index is -0.107. The summed E-state index contributed by atoms with van der Waals surface area (Å²) >= 11 is 0. The van der Waals surface area contributed by atoms with E-state index < -0.39 is 0 Å². The molecule has 2 heterocycles. The molecule has 9 rings (SSSR count). The number of rotatable bonds is 4. The van der Waals surface area contributed by atoms with Gasteiger partial charge in [-0.05, 0) is 82.9 Å². The molecule has 6 aromatic carbocycles. The fraction of sp³-hybridized carbons (Fsp3) is 0.140. The lowest BCUT2D eigenvalue weighted by Gasteiger charge is -2.39. The highest BCUT2D eigenvalue weighted by Crippen LogP contribution is 2.51. The van der Waals surface area contributed by atoms with Gasteiger partial charge in [0.1, 0.15) is 18.2 Å². The zero-order valence-corrected chi connectivity index (χ0v) is 26.9. The standard InChI is InChI=1S/C43H36N4/c1-43(2)36-20-12-10-18-32(36)34-26-35-33-19-11-13-21-38(33)47(39(35)27-37(34)43)31-24-22-28(23-25-31)40-44-41(29-14-6-4-7-15-29)46(3)42(45-40)30-16-8-5-9-17-30/h4-27,41-42H,1-3H3,(H,44,45). The number of para-hydroxylation sites is 1. The molecular formula is C43H36N4. The Hall–Kier alpha value is -5.45. The molecular weight excluding hydrogens is 573 g/mol. The summed E-state index contributed by atoms with van der Waals surface area (Å²) in [6, 6.07) is 52.7. The van der Waals surface area contributed by atoms with Gasteiger partial charge in [0, 0.05) is 27.4 Å². The van der Waals surface area contributed by atoms with Gasteiger partial charge in [0.2, 0.25) is 0 Å². The Morgan fingerprint density at radius 2 is 1.26 bits per heavy atom. The lowest BCUT2D eigenvalue weighted by atomic mass is 9.82. The van der Waals surface area contributed by atoms with Crippen LogP contribution in [-0.2, 0) is 5.41 Å². The van der Waals surface area contributed by atoms with Gasteiger partial charge in [0.25, 0.3) is 0 Å². The van der Waals surface area contributed by atoms with Crippen molar-refractivity contribution < 1.29 is 0 Å². The number of hydrogen-bond donors (Lipinski definition) is 1. The molecule has 1 aliphatic carbocycles. The van der Waals surface area contributed by atoms with E-state index in [0.717, 1.165) is 17.1 Å². The number of amidine groups is 1. The highest BCUT2D eigenvalue weighted by Gasteiger charge is 2.36. The molecule has 1 aromatic heterocycles. The fourth-order valence-electron chi connectivity index (χ4n) is 7.88. The Bertz CT molecular complexity index is 2310. The van der Waals surface area contributed by atoms with Crippen LogP contribution in [0, 0.1) is 0 Å². The molecule has 1 aliphatic heterocycles. The zero-order valence-electron chi connectivity index (χ0n) is 26.9. The number of aromatic nitrogens is 1. The Labute approximate surface area is 275 Å². The normalized spacial score (nSPS) is 18.5. The van der Waals surface area contributed by atoms with E-state index in [-0.39, 0.29) is 17.7 Å². The van der Waals surface area contributed by atoms with Gasteiger partial charge < -0.3 is 9.88 Å². The Morgan fingerprint density at radius 1 is 0.596 bits per heavy atom. The van der Waals surface area contributed by atoms with E-state index in [2.05, 4.69) is 181 Å². The number of nitrogens with zero attached hydrogens (tertiary/aromatic N) is 3. The molecule has 47 heavy (non-hydrogen) atoms. The summed E-state index contributed by atoms with van der Waals surface area (Å²) < 4.78 is 2.43. The molecule has 4 heteroatoms. The maximum Gasteiger partial charge on any atom is 0.132 e. The number of hydrogen-bond acceptors (Lipinski definition) is 3. The summed E-state index contributed by atoms with van der Waals surface area (Å²) in [5.41, 5.74) is 12.5. The van der Waals surface area contributed by atoms with E-state index >= 15 is 0 Å². The SMILES string of the molecule is CN1C(c2ccccc2)N=C(c2ccc(-n3c4ccccc4c4cc5c(cc43)C(C)(C)c3ccccc3-5)cc2)NC1c1ccccc1. The molecule has 0 amide bonds. The number of fused-ring (bicyclic) bond motifs is 6. The smallest absolute Gasteiger partial charge is 0.132 e. The molecule has 0 saturated carbocycles. The molecule has 0 fully saturated rings. The molecule has 2 unspecified atom stereocenters. The van der Waals surface area contributed by atoms with Gasteiger partial charge in [0.05, 0.1) is 11.0 Å². The van der Waals surface area contributed by atoms with Crippen molar-refractivity contribution in [2.24, 2.45) is 4.99 Å². The third kappa shape index (κ3) is 4.29. The molecule has 7 aromatic rings. The van der Waals surface area contributed by atoms with E-state index in [1.54, 1.807) is 0 Å². The Balaban J connectivity index is 1.16. The number of aliphatic imine (C=N–C) groups is 1. The number of benzene rings is 6. The van der Waals surface area contributed by atoms with E-state index in [9.17, 15) is 0 Å². The van der Waals surface area contributed by atoms with Crippen LogP contribution in [0.3, 0.4) is 0 Å². The van der Waals surface area contributed by atoms with Crippen molar-refractivity contribution in [1.29, 1.82) is 0 Å². The lowest BCUT2D eigenvalue weighted by Crippen LogP contribution is -2.45. The van der Waals surface area contributed by atoms with Crippen LogP contribution >= 0.6 is 0 Å². The average molecular weight is 609 g/mol. The van der Waals surface area contributed by atoms with Crippen LogP contribution < -0.4 is 5.32 Å². The Morgan fingerprint density at radius 3 is 2.02 bits per heavy atom. The molecule has 0 bridgehead atoms. The van der Waals surface area contributed by atoms with Crippen molar-refractivity contribution in [3.63, 3.8) is 0 Å². The molecule has 4 nitrogen and oxygen atoms in total. The molecule has 2 aliphatic rings. The zero-order chi connectivity index (χ0) is 31.7. The van der Waals surface area contributed by atoms with E-state index in [1.807, 2.05) is 0 Å². The lowest BCUT2D eigenvalue weighted by molar-refractivity contribution is 0.152. The second-order valence-electron chi connectivity index (χ2n) is 13.4. The third-order valence-electron chi connectivity index (χ3n) is 10.3. The first-order valence-corrected chi connectivity index (χ1v) is 16.4. The van der Waals surface area contributed by atoms with Gasteiger partial charge in [-0.3, -0.25) is 4.90 Å². The molecule has 0 radical (unpaired) electrons. The molecule has 0 saturated heterocycles.